The smallest absolute Gasteiger partial charge is 0.191 e. The Morgan fingerprint density at radius 3 is 2.57 bits per heavy atom. The standard InChI is InChI=1S/C21H19Cl2N5/c1-2-7-28-8-6-13-15(9-24)20(27)21(11-25,12-26)18(16(13)10-28)14-4-3-5-17(22)19(14)23/h3-6,16,18H,2,7-8,10,27H2,1H3/t16-,18+/m0/s1. The first-order valence-electron chi connectivity index (χ1n) is 9.04. The number of hydrogen-bond donors (Lipinski definition) is 1. The van der Waals surface area contributed by atoms with Gasteiger partial charge in [0.2, 0.25) is 0 Å². The monoisotopic (exact) mass is 411 g/mol. The van der Waals surface area contributed by atoms with Gasteiger partial charge in [-0.3, -0.25) is 4.90 Å². The molecule has 0 saturated carbocycles. The molecule has 0 spiro atoms. The lowest BCUT2D eigenvalue weighted by Gasteiger charge is -2.45. The molecule has 5 nitrogen and oxygen atoms in total. The van der Waals surface area contributed by atoms with E-state index in [2.05, 4.69) is 30.0 Å². The third-order valence-electron chi connectivity index (χ3n) is 5.60. The molecule has 2 aliphatic rings. The number of nitrogens with zero attached hydrogens (tertiary/aromatic N) is 4. The van der Waals surface area contributed by atoms with Gasteiger partial charge in [0.15, 0.2) is 5.41 Å². The van der Waals surface area contributed by atoms with Crippen molar-refractivity contribution in [3.05, 3.63) is 56.7 Å². The van der Waals surface area contributed by atoms with Gasteiger partial charge in [-0.1, -0.05) is 48.3 Å². The predicted molar refractivity (Wildman–Crippen MR) is 108 cm³/mol. The third-order valence-corrected chi connectivity index (χ3v) is 6.43. The van der Waals surface area contributed by atoms with Crippen molar-refractivity contribution in [3.8, 4) is 18.2 Å². The number of halogens is 2. The van der Waals surface area contributed by atoms with Crippen molar-refractivity contribution in [1.29, 1.82) is 15.8 Å². The minimum Gasteiger partial charge on any atom is -0.399 e. The van der Waals surface area contributed by atoms with E-state index in [4.69, 9.17) is 28.9 Å². The number of allylic oxidation sites excluding steroid dienone is 2. The van der Waals surface area contributed by atoms with Crippen LogP contribution in [0.15, 0.2) is 41.1 Å². The average Bonchev–Trinajstić information content (AvgIpc) is 2.70. The van der Waals surface area contributed by atoms with E-state index in [0.29, 0.717) is 28.7 Å². The van der Waals surface area contributed by atoms with E-state index in [1.54, 1.807) is 18.2 Å². The summed E-state index contributed by atoms with van der Waals surface area (Å²) in [6.07, 6.45) is 2.96. The molecule has 0 radical (unpaired) electrons. The lowest BCUT2D eigenvalue weighted by molar-refractivity contribution is 0.207. The van der Waals surface area contributed by atoms with Crippen molar-refractivity contribution in [3.63, 3.8) is 0 Å². The summed E-state index contributed by atoms with van der Waals surface area (Å²) in [6.45, 7) is 4.28. The average molecular weight is 412 g/mol. The van der Waals surface area contributed by atoms with Gasteiger partial charge >= 0.3 is 0 Å². The second kappa shape index (κ2) is 7.86. The zero-order valence-corrected chi connectivity index (χ0v) is 16.9. The van der Waals surface area contributed by atoms with E-state index < -0.39 is 11.3 Å². The quantitative estimate of drug-likeness (QED) is 0.805. The molecule has 0 amide bonds. The first-order valence-corrected chi connectivity index (χ1v) is 9.80. The normalized spacial score (nSPS) is 23.8. The molecule has 0 bridgehead atoms. The molecule has 1 aliphatic carbocycles. The minimum atomic E-state index is -1.70. The van der Waals surface area contributed by atoms with E-state index in [1.807, 2.05) is 6.08 Å². The summed E-state index contributed by atoms with van der Waals surface area (Å²) >= 11 is 12.7. The molecule has 2 N–H and O–H groups in total. The minimum absolute atomic E-state index is 0.00696. The van der Waals surface area contributed by atoms with Crippen molar-refractivity contribution in [1.82, 2.24) is 4.90 Å². The molecule has 7 heteroatoms. The molecule has 1 aromatic rings. The topological polar surface area (TPSA) is 101 Å². The fourth-order valence-electron chi connectivity index (χ4n) is 4.34. The molecule has 0 aromatic heterocycles. The Morgan fingerprint density at radius 2 is 1.96 bits per heavy atom. The highest BCUT2D eigenvalue weighted by atomic mass is 35.5. The molecule has 1 aromatic carbocycles. The fraction of sp³-hybridized carbons (Fsp3) is 0.381. The number of nitrogens with two attached hydrogens (primary N) is 1. The van der Waals surface area contributed by atoms with E-state index in [1.165, 1.54) is 0 Å². The van der Waals surface area contributed by atoms with E-state index >= 15 is 0 Å². The maximum Gasteiger partial charge on any atom is 0.191 e. The van der Waals surface area contributed by atoms with Crippen molar-refractivity contribution < 1.29 is 0 Å². The van der Waals surface area contributed by atoms with E-state index in [9.17, 15) is 15.8 Å². The van der Waals surface area contributed by atoms with Gasteiger partial charge in [-0.25, -0.2) is 0 Å². The lowest BCUT2D eigenvalue weighted by atomic mass is 9.58. The summed E-state index contributed by atoms with van der Waals surface area (Å²) in [7, 11) is 0. The molecule has 2 atom stereocenters. The third kappa shape index (κ3) is 2.95. The van der Waals surface area contributed by atoms with Crippen LogP contribution >= 0.6 is 23.2 Å². The number of fused-ring (bicyclic) bond motifs is 1. The van der Waals surface area contributed by atoms with Gasteiger partial charge in [-0.2, -0.15) is 15.8 Å². The van der Waals surface area contributed by atoms with Crippen molar-refractivity contribution >= 4 is 23.2 Å². The van der Waals surface area contributed by atoms with Gasteiger partial charge in [0.05, 0.1) is 33.5 Å². The molecular weight excluding hydrogens is 393 g/mol. The van der Waals surface area contributed by atoms with Crippen LogP contribution < -0.4 is 5.73 Å². The van der Waals surface area contributed by atoms with Crippen LogP contribution in [-0.2, 0) is 0 Å². The molecule has 28 heavy (non-hydrogen) atoms. The molecule has 0 saturated heterocycles. The summed E-state index contributed by atoms with van der Waals surface area (Å²) in [5, 5.41) is 30.5. The van der Waals surface area contributed by atoms with Crippen LogP contribution in [0.25, 0.3) is 0 Å². The Hall–Kier alpha value is -2.49. The van der Waals surface area contributed by atoms with Gasteiger partial charge in [-0.15, -0.1) is 0 Å². The van der Waals surface area contributed by atoms with Gasteiger partial charge in [-0.05, 0) is 30.2 Å². The Bertz CT molecular complexity index is 976. The van der Waals surface area contributed by atoms with Gasteiger partial charge < -0.3 is 5.73 Å². The van der Waals surface area contributed by atoms with Crippen molar-refractivity contribution in [2.45, 2.75) is 19.3 Å². The van der Waals surface area contributed by atoms with Crippen LogP contribution in [0.3, 0.4) is 0 Å². The Balaban J connectivity index is 2.32. The second-order valence-electron chi connectivity index (χ2n) is 7.08. The van der Waals surface area contributed by atoms with Crippen LogP contribution in [0.5, 0.6) is 0 Å². The molecule has 0 unspecified atom stereocenters. The summed E-state index contributed by atoms with van der Waals surface area (Å²) in [6, 6.07) is 11.5. The Morgan fingerprint density at radius 1 is 1.25 bits per heavy atom. The van der Waals surface area contributed by atoms with Crippen LogP contribution in [0, 0.1) is 45.3 Å². The van der Waals surface area contributed by atoms with Crippen molar-refractivity contribution in [2.24, 2.45) is 17.1 Å². The van der Waals surface area contributed by atoms with Crippen LogP contribution in [0.1, 0.15) is 24.8 Å². The fourth-order valence-corrected chi connectivity index (χ4v) is 4.77. The summed E-state index contributed by atoms with van der Waals surface area (Å²) in [5.74, 6) is -0.894. The molecule has 3 rings (SSSR count). The predicted octanol–water partition coefficient (Wildman–Crippen LogP) is 4.13. The van der Waals surface area contributed by atoms with Gasteiger partial charge in [0.1, 0.15) is 6.07 Å². The van der Waals surface area contributed by atoms with Crippen LogP contribution in [0.4, 0.5) is 0 Å². The van der Waals surface area contributed by atoms with Crippen LogP contribution in [-0.4, -0.2) is 24.5 Å². The summed E-state index contributed by atoms with van der Waals surface area (Å²) < 4.78 is 0. The maximum absolute atomic E-state index is 10.1. The highest BCUT2D eigenvalue weighted by Crippen LogP contribution is 2.55. The molecule has 0 fully saturated rings. The van der Waals surface area contributed by atoms with Gasteiger partial charge in [0.25, 0.3) is 0 Å². The maximum atomic E-state index is 10.1. The molecular formula is C21H19Cl2N5. The molecule has 1 heterocycles. The first-order chi connectivity index (χ1) is 13.4. The number of rotatable bonds is 3. The van der Waals surface area contributed by atoms with Crippen molar-refractivity contribution in [2.75, 3.05) is 19.6 Å². The summed E-state index contributed by atoms with van der Waals surface area (Å²) in [5.41, 5.74) is 6.21. The number of benzene rings is 1. The van der Waals surface area contributed by atoms with E-state index in [-0.39, 0.29) is 17.2 Å². The van der Waals surface area contributed by atoms with Gasteiger partial charge in [0, 0.05) is 24.9 Å². The molecule has 1 aliphatic heterocycles. The zero-order chi connectivity index (χ0) is 20.5. The SMILES string of the molecule is CCCN1CC=C2C(C#N)=C(N)C(C#N)(C#N)[C@H](c3cccc(Cl)c3Cl)[C@H]2C1. The zero-order valence-electron chi connectivity index (χ0n) is 15.4. The highest BCUT2D eigenvalue weighted by molar-refractivity contribution is 6.42. The highest BCUT2D eigenvalue weighted by Gasteiger charge is 2.55. The molecule has 142 valence electrons. The first kappa shape index (κ1) is 20.2. The van der Waals surface area contributed by atoms with E-state index in [0.717, 1.165) is 18.5 Å². The second-order valence-corrected chi connectivity index (χ2v) is 7.86. The number of nitriles is 3. The Kier molecular flexibility index (Phi) is 5.69. The largest absolute Gasteiger partial charge is 0.399 e. The summed E-state index contributed by atoms with van der Waals surface area (Å²) in [4.78, 5) is 2.25. The lowest BCUT2D eigenvalue weighted by Crippen LogP contribution is -2.48. The van der Waals surface area contributed by atoms with Crippen LogP contribution in [0.2, 0.25) is 10.0 Å². The number of hydrogen-bond acceptors (Lipinski definition) is 5. The Labute approximate surface area is 174 Å².